The number of rotatable bonds is 5. The Morgan fingerprint density at radius 2 is 1.77 bits per heavy atom. The van der Waals surface area contributed by atoms with E-state index in [0.717, 1.165) is 22.7 Å². The molecule has 30 heavy (non-hydrogen) atoms. The predicted molar refractivity (Wildman–Crippen MR) is 108 cm³/mol. The number of ether oxygens (including phenoxy) is 3. The molecule has 0 amide bonds. The molecule has 1 aromatic heterocycles. The van der Waals surface area contributed by atoms with Gasteiger partial charge in [0.25, 0.3) is 6.47 Å². The van der Waals surface area contributed by atoms with Crippen molar-refractivity contribution >= 4 is 16.5 Å². The maximum absolute atomic E-state index is 12.6. The molecular formula is C19H25N3O7S. The zero-order chi connectivity index (χ0) is 21.6. The first-order valence-electron chi connectivity index (χ1n) is 9.51. The highest BCUT2D eigenvalue weighted by atomic mass is 32.2. The van der Waals surface area contributed by atoms with Gasteiger partial charge in [0.1, 0.15) is 19.0 Å². The fourth-order valence-corrected chi connectivity index (χ4v) is 4.72. The molecule has 2 aliphatic rings. The van der Waals surface area contributed by atoms with Crippen LogP contribution in [0.15, 0.2) is 24.5 Å². The van der Waals surface area contributed by atoms with Gasteiger partial charge < -0.3 is 23.9 Å². The van der Waals surface area contributed by atoms with Crippen molar-refractivity contribution in [2.45, 2.75) is 13.5 Å². The van der Waals surface area contributed by atoms with E-state index in [-0.39, 0.29) is 12.2 Å². The fraction of sp³-hybridized carbons (Fsp3) is 0.474. The Hall–Kier alpha value is -2.63. The van der Waals surface area contributed by atoms with Crippen LogP contribution in [0, 0.1) is 6.92 Å². The Morgan fingerprint density at radius 1 is 1.13 bits per heavy atom. The van der Waals surface area contributed by atoms with Gasteiger partial charge in [-0.1, -0.05) is 0 Å². The van der Waals surface area contributed by atoms with E-state index in [2.05, 4.69) is 4.98 Å². The predicted octanol–water partition coefficient (Wildman–Crippen LogP) is 0.993. The number of nitrogens with zero attached hydrogens (tertiary/aromatic N) is 3. The van der Waals surface area contributed by atoms with Crippen molar-refractivity contribution in [3.8, 4) is 22.9 Å². The van der Waals surface area contributed by atoms with Crippen LogP contribution in [0.4, 0.5) is 0 Å². The summed E-state index contributed by atoms with van der Waals surface area (Å²) < 4.78 is 45.1. The highest BCUT2D eigenvalue weighted by molar-refractivity contribution is 7.89. The molecule has 2 aliphatic heterocycles. The molecule has 0 radical (unpaired) electrons. The smallest absolute Gasteiger partial charge is 0.290 e. The molecule has 3 heterocycles. The second-order valence-corrected chi connectivity index (χ2v) is 8.78. The number of hydrogen-bond donors (Lipinski definition) is 1. The number of fused-ring (bicyclic) bond motifs is 1. The third-order valence-electron chi connectivity index (χ3n) is 4.80. The second-order valence-electron chi connectivity index (χ2n) is 6.69. The van der Waals surface area contributed by atoms with Crippen molar-refractivity contribution in [2.75, 3.05) is 45.3 Å². The van der Waals surface area contributed by atoms with Crippen LogP contribution < -0.4 is 9.47 Å². The lowest BCUT2D eigenvalue weighted by Crippen LogP contribution is -2.42. The lowest BCUT2D eigenvalue weighted by molar-refractivity contribution is -0.122. The highest BCUT2D eigenvalue weighted by Crippen LogP contribution is 2.36. The molecular weight excluding hydrogens is 414 g/mol. The molecule has 0 unspecified atom stereocenters. The number of aryl methyl sites for hydroxylation is 2. The van der Waals surface area contributed by atoms with Crippen molar-refractivity contribution in [1.29, 1.82) is 0 Å². The van der Waals surface area contributed by atoms with Gasteiger partial charge in [-0.25, -0.2) is 13.4 Å². The number of carboxylic acid groups (broad SMARTS) is 1. The van der Waals surface area contributed by atoms with E-state index in [1.54, 1.807) is 12.4 Å². The Morgan fingerprint density at radius 3 is 2.43 bits per heavy atom. The summed E-state index contributed by atoms with van der Waals surface area (Å²) in [5, 5.41) is 6.89. The van der Waals surface area contributed by atoms with Crippen LogP contribution in [-0.2, 0) is 26.1 Å². The molecule has 2 aromatic rings. The van der Waals surface area contributed by atoms with Gasteiger partial charge in [-0.15, -0.1) is 0 Å². The lowest BCUT2D eigenvalue weighted by Gasteiger charge is -2.26. The van der Waals surface area contributed by atoms with Gasteiger partial charge in [0, 0.05) is 37.6 Å². The molecule has 0 spiro atoms. The van der Waals surface area contributed by atoms with Gasteiger partial charge in [-0.05, 0) is 24.6 Å². The number of aromatic nitrogens is 2. The SMILES string of the molecule is Cc1cc2c(cc1-c1nccn1CCS(=O)(=O)N1CCOCC1)OCCO2.O=CO. The molecule has 1 aromatic carbocycles. The molecule has 10 nitrogen and oxygen atoms in total. The molecule has 1 saturated heterocycles. The van der Waals surface area contributed by atoms with Crippen LogP contribution in [0.1, 0.15) is 5.56 Å². The molecule has 0 bridgehead atoms. The molecule has 0 saturated carbocycles. The van der Waals surface area contributed by atoms with Gasteiger partial charge >= 0.3 is 0 Å². The van der Waals surface area contributed by atoms with E-state index in [0.29, 0.717) is 51.8 Å². The minimum Gasteiger partial charge on any atom is -0.486 e. The average Bonchev–Trinajstić information content (AvgIpc) is 3.21. The summed E-state index contributed by atoms with van der Waals surface area (Å²) in [4.78, 5) is 12.8. The monoisotopic (exact) mass is 439 g/mol. The number of hydrogen-bond acceptors (Lipinski definition) is 7. The fourth-order valence-electron chi connectivity index (χ4n) is 3.33. The minimum atomic E-state index is -3.32. The van der Waals surface area contributed by atoms with Crippen molar-refractivity contribution < 1.29 is 32.5 Å². The Bertz CT molecular complexity index is 969. The van der Waals surface area contributed by atoms with Gasteiger partial charge in [-0.3, -0.25) is 4.79 Å². The zero-order valence-corrected chi connectivity index (χ0v) is 17.5. The maximum Gasteiger partial charge on any atom is 0.290 e. The molecule has 0 aliphatic carbocycles. The molecule has 164 valence electrons. The molecule has 11 heteroatoms. The van der Waals surface area contributed by atoms with Gasteiger partial charge in [-0.2, -0.15) is 4.31 Å². The van der Waals surface area contributed by atoms with Crippen molar-refractivity contribution in [3.05, 3.63) is 30.1 Å². The third kappa shape index (κ3) is 5.10. The van der Waals surface area contributed by atoms with E-state index in [1.807, 2.05) is 23.6 Å². The topological polar surface area (TPSA) is 120 Å². The molecule has 1 fully saturated rings. The van der Waals surface area contributed by atoms with E-state index >= 15 is 0 Å². The summed E-state index contributed by atoms with van der Waals surface area (Å²) in [6, 6.07) is 3.85. The normalized spacial score (nSPS) is 16.4. The van der Waals surface area contributed by atoms with Gasteiger partial charge in [0.15, 0.2) is 11.5 Å². The average molecular weight is 439 g/mol. The number of morpholine rings is 1. The third-order valence-corrected chi connectivity index (χ3v) is 6.65. The largest absolute Gasteiger partial charge is 0.486 e. The minimum absolute atomic E-state index is 0.0277. The van der Waals surface area contributed by atoms with E-state index in [4.69, 9.17) is 24.1 Å². The van der Waals surface area contributed by atoms with Crippen LogP contribution in [0.5, 0.6) is 11.5 Å². The van der Waals surface area contributed by atoms with E-state index in [1.165, 1.54) is 4.31 Å². The van der Waals surface area contributed by atoms with Crippen LogP contribution in [0.2, 0.25) is 0 Å². The van der Waals surface area contributed by atoms with Crippen molar-refractivity contribution in [3.63, 3.8) is 0 Å². The first kappa shape index (κ1) is 22.1. The quantitative estimate of drug-likeness (QED) is 0.685. The molecule has 0 atom stereocenters. The summed E-state index contributed by atoms with van der Waals surface area (Å²) in [5.41, 5.74) is 1.91. The van der Waals surface area contributed by atoms with Gasteiger partial charge in [0.05, 0.1) is 19.0 Å². The van der Waals surface area contributed by atoms with Crippen molar-refractivity contribution in [1.82, 2.24) is 13.9 Å². The summed E-state index contributed by atoms with van der Waals surface area (Å²) in [6.07, 6.45) is 3.49. The molecule has 1 N–H and O–H groups in total. The summed E-state index contributed by atoms with van der Waals surface area (Å²) in [7, 11) is -3.32. The van der Waals surface area contributed by atoms with Gasteiger partial charge in [0.2, 0.25) is 10.0 Å². The number of sulfonamides is 1. The Kier molecular flexibility index (Phi) is 7.29. The van der Waals surface area contributed by atoms with Crippen LogP contribution in [0.25, 0.3) is 11.4 Å². The highest BCUT2D eigenvalue weighted by Gasteiger charge is 2.25. The van der Waals surface area contributed by atoms with Crippen molar-refractivity contribution in [2.24, 2.45) is 0 Å². The van der Waals surface area contributed by atoms with Crippen LogP contribution >= 0.6 is 0 Å². The summed E-state index contributed by atoms with van der Waals surface area (Å²) in [5.74, 6) is 2.18. The lowest BCUT2D eigenvalue weighted by atomic mass is 10.1. The van der Waals surface area contributed by atoms with E-state index in [9.17, 15) is 8.42 Å². The summed E-state index contributed by atoms with van der Waals surface area (Å²) in [6.45, 7) is 4.86. The number of imidazole rings is 1. The zero-order valence-electron chi connectivity index (χ0n) is 16.7. The van der Waals surface area contributed by atoms with E-state index < -0.39 is 10.0 Å². The second kappa shape index (κ2) is 9.92. The Balaban J connectivity index is 0.000000806. The van der Waals surface area contributed by atoms with Crippen LogP contribution in [-0.4, -0.2) is 79.1 Å². The Labute approximate surface area is 175 Å². The molecule has 4 rings (SSSR count). The number of carbonyl (C=O) groups is 1. The first-order chi connectivity index (χ1) is 14.5. The number of benzene rings is 1. The van der Waals surface area contributed by atoms with Crippen LogP contribution in [0.3, 0.4) is 0 Å². The first-order valence-corrected chi connectivity index (χ1v) is 11.1. The summed E-state index contributed by atoms with van der Waals surface area (Å²) >= 11 is 0. The maximum atomic E-state index is 12.6. The standard InChI is InChI=1S/C18H23N3O5S.CH2O2/c1-14-12-16-17(26-10-9-25-16)13-15(14)18-19-2-3-20(18)6-11-27(22,23)21-4-7-24-8-5-21;2-1-3/h2-3,12-13H,4-11H2,1H3;1H,(H,2,3).